The van der Waals surface area contributed by atoms with Crippen LogP contribution in [0.5, 0.6) is 0 Å². The molecule has 0 N–H and O–H groups in total. The molecule has 6 heteroatoms. The van der Waals surface area contributed by atoms with Gasteiger partial charge in [0.2, 0.25) is 5.89 Å². The maximum Gasteiger partial charge on any atom is 0.237 e. The van der Waals surface area contributed by atoms with Crippen molar-refractivity contribution in [2.45, 2.75) is 37.0 Å². The van der Waals surface area contributed by atoms with Gasteiger partial charge in [0.1, 0.15) is 11.4 Å². The van der Waals surface area contributed by atoms with Gasteiger partial charge < -0.3 is 4.52 Å². The lowest BCUT2D eigenvalue weighted by molar-refractivity contribution is 0.373. The van der Waals surface area contributed by atoms with Crippen LogP contribution in [0.3, 0.4) is 0 Å². The minimum absolute atomic E-state index is 0.103. The van der Waals surface area contributed by atoms with Gasteiger partial charge >= 0.3 is 0 Å². The van der Waals surface area contributed by atoms with E-state index in [-0.39, 0.29) is 5.41 Å². The molecule has 108 valence electrons. The fourth-order valence-corrected chi connectivity index (χ4v) is 2.67. The van der Waals surface area contributed by atoms with E-state index >= 15 is 0 Å². The van der Waals surface area contributed by atoms with Gasteiger partial charge in [0.25, 0.3) is 0 Å². The topological polar surface area (TPSA) is 64.7 Å². The number of nitrogens with zero attached hydrogens (tertiary/aromatic N) is 4. The van der Waals surface area contributed by atoms with Crippen LogP contribution in [-0.2, 0) is 11.2 Å². The summed E-state index contributed by atoms with van der Waals surface area (Å²) >= 11 is 1.58. The minimum Gasteiger partial charge on any atom is -0.338 e. The Balaban J connectivity index is 1.79. The van der Waals surface area contributed by atoms with E-state index in [4.69, 9.17) is 4.52 Å². The van der Waals surface area contributed by atoms with Gasteiger partial charge in [0.15, 0.2) is 5.82 Å². The van der Waals surface area contributed by atoms with Crippen molar-refractivity contribution < 1.29 is 4.52 Å². The third-order valence-electron chi connectivity index (χ3n) is 2.98. The maximum absolute atomic E-state index is 5.30. The lowest BCUT2D eigenvalue weighted by atomic mass is 9.96. The summed E-state index contributed by atoms with van der Waals surface area (Å²) in [6.07, 6.45) is 1.58. The molecule has 0 radical (unpaired) electrons. The lowest BCUT2D eigenvalue weighted by Gasteiger charge is -2.10. The van der Waals surface area contributed by atoms with Crippen LogP contribution in [0.4, 0.5) is 0 Å². The summed E-state index contributed by atoms with van der Waals surface area (Å²) in [6, 6.07) is 7.95. The van der Waals surface area contributed by atoms with E-state index in [0.717, 1.165) is 21.8 Å². The van der Waals surface area contributed by atoms with E-state index < -0.39 is 0 Å². The number of benzene rings is 1. The Hall–Kier alpha value is -1.95. The van der Waals surface area contributed by atoms with E-state index in [1.54, 1.807) is 18.1 Å². The minimum atomic E-state index is -0.103. The molecule has 1 aromatic carbocycles. The van der Waals surface area contributed by atoms with Crippen LogP contribution in [0, 0.1) is 0 Å². The molecule has 3 rings (SSSR count). The first kappa shape index (κ1) is 14.0. The fraction of sp³-hybridized carbons (Fsp3) is 0.333. The standard InChI is InChI=1S/C15H16N4OS/c1-15(2,3)14-18-12(20-19-14)8-21-13-10-6-4-5-7-11(10)16-9-17-13/h4-7,9H,8H2,1-3H3. The zero-order valence-corrected chi connectivity index (χ0v) is 13.0. The van der Waals surface area contributed by atoms with E-state index in [1.807, 2.05) is 24.3 Å². The second-order valence-corrected chi connectivity index (χ2v) is 6.71. The van der Waals surface area contributed by atoms with Gasteiger partial charge in [-0.05, 0) is 6.07 Å². The first-order valence-electron chi connectivity index (χ1n) is 6.69. The molecule has 0 bridgehead atoms. The summed E-state index contributed by atoms with van der Waals surface area (Å²) in [5.74, 6) is 1.95. The van der Waals surface area contributed by atoms with Crippen molar-refractivity contribution in [3.05, 3.63) is 42.3 Å². The average molecular weight is 300 g/mol. The highest BCUT2D eigenvalue weighted by atomic mass is 32.2. The van der Waals surface area contributed by atoms with E-state index in [9.17, 15) is 0 Å². The second kappa shape index (κ2) is 5.44. The van der Waals surface area contributed by atoms with Gasteiger partial charge in [-0.1, -0.05) is 55.9 Å². The van der Waals surface area contributed by atoms with Crippen molar-refractivity contribution in [2.75, 3.05) is 0 Å². The van der Waals surface area contributed by atoms with Crippen LogP contribution < -0.4 is 0 Å². The first-order valence-corrected chi connectivity index (χ1v) is 7.68. The predicted octanol–water partition coefficient (Wildman–Crippen LogP) is 3.60. The van der Waals surface area contributed by atoms with Crippen LogP contribution in [0.25, 0.3) is 10.9 Å². The highest BCUT2D eigenvalue weighted by Crippen LogP contribution is 2.27. The zero-order valence-electron chi connectivity index (χ0n) is 12.2. The van der Waals surface area contributed by atoms with Crippen molar-refractivity contribution in [2.24, 2.45) is 0 Å². The van der Waals surface area contributed by atoms with Gasteiger partial charge in [-0.3, -0.25) is 0 Å². The van der Waals surface area contributed by atoms with Crippen LogP contribution in [0.2, 0.25) is 0 Å². The molecule has 5 nitrogen and oxygen atoms in total. The van der Waals surface area contributed by atoms with E-state index in [0.29, 0.717) is 11.6 Å². The Labute approximate surface area is 127 Å². The molecular formula is C15H16N4OS. The molecular weight excluding hydrogens is 284 g/mol. The van der Waals surface area contributed by atoms with Crippen molar-refractivity contribution in [1.29, 1.82) is 0 Å². The molecule has 0 aliphatic carbocycles. The molecule has 0 saturated heterocycles. The summed E-state index contributed by atoms with van der Waals surface area (Å²) in [4.78, 5) is 13.0. The van der Waals surface area contributed by atoms with Crippen LogP contribution >= 0.6 is 11.8 Å². The molecule has 0 saturated carbocycles. The van der Waals surface area contributed by atoms with Gasteiger partial charge in [0.05, 0.1) is 11.3 Å². The Morgan fingerprint density at radius 2 is 1.95 bits per heavy atom. The molecule has 0 aliphatic heterocycles. The molecule has 0 atom stereocenters. The third-order valence-corrected chi connectivity index (χ3v) is 3.97. The summed E-state index contributed by atoms with van der Waals surface area (Å²) in [7, 11) is 0. The highest BCUT2D eigenvalue weighted by Gasteiger charge is 2.21. The Morgan fingerprint density at radius 3 is 2.71 bits per heavy atom. The Bertz CT molecular complexity index is 758. The van der Waals surface area contributed by atoms with Gasteiger partial charge in [-0.15, -0.1) is 0 Å². The van der Waals surface area contributed by atoms with Crippen molar-refractivity contribution in [3.8, 4) is 0 Å². The van der Waals surface area contributed by atoms with E-state index in [2.05, 4.69) is 40.9 Å². The highest BCUT2D eigenvalue weighted by molar-refractivity contribution is 7.98. The number of para-hydroxylation sites is 1. The number of aromatic nitrogens is 4. The monoisotopic (exact) mass is 300 g/mol. The molecule has 0 aliphatic rings. The molecule has 3 aromatic rings. The third kappa shape index (κ3) is 3.05. The Morgan fingerprint density at radius 1 is 1.14 bits per heavy atom. The van der Waals surface area contributed by atoms with Gasteiger partial charge in [-0.2, -0.15) is 4.98 Å². The molecule has 21 heavy (non-hydrogen) atoms. The number of hydrogen-bond donors (Lipinski definition) is 0. The molecule has 2 heterocycles. The van der Waals surface area contributed by atoms with Crippen molar-refractivity contribution >= 4 is 22.7 Å². The van der Waals surface area contributed by atoms with Crippen LogP contribution in [0.1, 0.15) is 32.5 Å². The van der Waals surface area contributed by atoms with Crippen LogP contribution in [-0.4, -0.2) is 20.1 Å². The number of hydrogen-bond acceptors (Lipinski definition) is 6. The largest absolute Gasteiger partial charge is 0.338 e. The summed E-state index contributed by atoms with van der Waals surface area (Å²) in [6.45, 7) is 6.19. The predicted molar refractivity (Wildman–Crippen MR) is 82.1 cm³/mol. The van der Waals surface area contributed by atoms with E-state index in [1.165, 1.54) is 0 Å². The molecule has 2 aromatic heterocycles. The summed E-state index contributed by atoms with van der Waals surface area (Å²) < 4.78 is 5.30. The molecule has 0 amide bonds. The molecule has 0 fully saturated rings. The second-order valence-electron chi connectivity index (χ2n) is 5.75. The lowest BCUT2D eigenvalue weighted by Crippen LogP contribution is -2.13. The van der Waals surface area contributed by atoms with Gasteiger partial charge in [0, 0.05) is 10.8 Å². The summed E-state index contributed by atoms with van der Waals surface area (Å²) in [5, 5.41) is 6.00. The number of fused-ring (bicyclic) bond motifs is 1. The fourth-order valence-electron chi connectivity index (χ4n) is 1.84. The molecule has 0 spiro atoms. The normalized spacial score (nSPS) is 12.0. The van der Waals surface area contributed by atoms with Gasteiger partial charge in [-0.25, -0.2) is 9.97 Å². The first-order chi connectivity index (χ1) is 10.0. The average Bonchev–Trinajstić information content (AvgIpc) is 2.94. The number of rotatable bonds is 3. The SMILES string of the molecule is CC(C)(C)c1noc(CSc2ncnc3ccccc23)n1. The van der Waals surface area contributed by atoms with Crippen molar-refractivity contribution in [3.63, 3.8) is 0 Å². The zero-order chi connectivity index (χ0) is 14.9. The Kier molecular flexibility index (Phi) is 3.63. The summed E-state index contributed by atoms with van der Waals surface area (Å²) in [5.41, 5.74) is 0.838. The smallest absolute Gasteiger partial charge is 0.237 e. The van der Waals surface area contributed by atoms with Crippen LogP contribution in [0.15, 0.2) is 40.1 Å². The number of thioether (sulfide) groups is 1. The quantitative estimate of drug-likeness (QED) is 0.544. The van der Waals surface area contributed by atoms with Crippen molar-refractivity contribution in [1.82, 2.24) is 20.1 Å². The maximum atomic E-state index is 5.30. The molecule has 0 unspecified atom stereocenters.